The molecule has 0 aromatic heterocycles. The highest BCUT2D eigenvalue weighted by Gasteiger charge is 2.16. The van der Waals surface area contributed by atoms with E-state index in [1.165, 1.54) is 0 Å². The molecular weight excluding hydrogens is 260 g/mol. The van der Waals surface area contributed by atoms with Crippen molar-refractivity contribution >= 4 is 17.5 Å². The molecule has 0 heterocycles. The summed E-state index contributed by atoms with van der Waals surface area (Å²) in [6, 6.07) is 7.61. The van der Waals surface area contributed by atoms with Gasteiger partial charge in [0.2, 0.25) is 5.91 Å². The number of carbonyl (C=O) groups is 1. The molecule has 1 aromatic rings. The molecule has 0 spiro atoms. The Kier molecular flexibility index (Phi) is 5.83. The molecule has 3 nitrogen and oxygen atoms in total. The molecule has 0 aliphatic heterocycles. The second-order valence-electron chi connectivity index (χ2n) is 5.57. The van der Waals surface area contributed by atoms with Gasteiger partial charge >= 0.3 is 0 Å². The van der Waals surface area contributed by atoms with E-state index in [0.29, 0.717) is 17.9 Å². The Morgan fingerprint density at radius 2 is 2.16 bits per heavy atom. The number of rotatable bonds is 6. The summed E-state index contributed by atoms with van der Waals surface area (Å²) in [5.41, 5.74) is 6.61. The fourth-order valence-electron chi connectivity index (χ4n) is 1.85. The van der Waals surface area contributed by atoms with E-state index in [1.54, 1.807) is 0 Å². The van der Waals surface area contributed by atoms with E-state index in [0.717, 1.165) is 12.0 Å². The maximum absolute atomic E-state index is 11.9. The fourth-order valence-corrected chi connectivity index (χ4v) is 2.05. The Labute approximate surface area is 120 Å². The summed E-state index contributed by atoms with van der Waals surface area (Å²) in [5.74, 6) is 0.0327. The maximum atomic E-state index is 11.9. The molecule has 106 valence electrons. The lowest BCUT2D eigenvalue weighted by molar-refractivity contribution is -0.122. The van der Waals surface area contributed by atoms with Crippen LogP contribution in [0.2, 0.25) is 5.02 Å². The van der Waals surface area contributed by atoms with Gasteiger partial charge in [-0.2, -0.15) is 0 Å². The van der Waals surface area contributed by atoms with E-state index in [9.17, 15) is 4.79 Å². The van der Waals surface area contributed by atoms with Gasteiger partial charge in [-0.15, -0.1) is 0 Å². The minimum atomic E-state index is -0.310. The van der Waals surface area contributed by atoms with E-state index >= 15 is 0 Å². The fraction of sp³-hybridized carbons (Fsp3) is 0.533. The molecule has 1 unspecified atom stereocenters. The van der Waals surface area contributed by atoms with Gasteiger partial charge < -0.3 is 11.1 Å². The van der Waals surface area contributed by atoms with E-state index in [4.69, 9.17) is 17.3 Å². The molecular formula is C15H23ClN2O. The zero-order chi connectivity index (χ0) is 14.5. The molecule has 4 heteroatoms. The van der Waals surface area contributed by atoms with Crippen LogP contribution in [0.1, 0.15) is 51.6 Å². The Morgan fingerprint density at radius 3 is 2.68 bits per heavy atom. The van der Waals surface area contributed by atoms with E-state index in [2.05, 4.69) is 5.32 Å². The predicted molar refractivity (Wildman–Crippen MR) is 80.1 cm³/mol. The average Bonchev–Trinajstić information content (AvgIpc) is 2.32. The topological polar surface area (TPSA) is 55.1 Å². The average molecular weight is 283 g/mol. The molecule has 0 fully saturated rings. The summed E-state index contributed by atoms with van der Waals surface area (Å²) >= 11 is 5.97. The lowest BCUT2D eigenvalue weighted by atomic mass is 9.99. The molecule has 0 saturated carbocycles. The smallest absolute Gasteiger partial charge is 0.220 e. The number of hydrogen-bond acceptors (Lipinski definition) is 2. The largest absolute Gasteiger partial charge is 0.349 e. The first-order valence-corrected chi connectivity index (χ1v) is 7.03. The number of hydrogen-bond donors (Lipinski definition) is 2. The number of benzene rings is 1. The summed E-state index contributed by atoms with van der Waals surface area (Å²) in [6.45, 7) is 5.89. The van der Waals surface area contributed by atoms with Crippen LogP contribution in [-0.4, -0.2) is 11.4 Å². The first-order valence-electron chi connectivity index (χ1n) is 6.65. The molecule has 0 radical (unpaired) electrons. The van der Waals surface area contributed by atoms with E-state index < -0.39 is 0 Å². The van der Waals surface area contributed by atoms with Crippen molar-refractivity contribution in [2.45, 2.75) is 51.6 Å². The van der Waals surface area contributed by atoms with Crippen molar-refractivity contribution in [1.82, 2.24) is 5.32 Å². The number of amides is 1. The van der Waals surface area contributed by atoms with Crippen molar-refractivity contribution < 1.29 is 4.79 Å². The zero-order valence-corrected chi connectivity index (χ0v) is 12.6. The zero-order valence-electron chi connectivity index (χ0n) is 11.9. The second kappa shape index (κ2) is 6.92. The molecule has 1 atom stereocenters. The van der Waals surface area contributed by atoms with Crippen molar-refractivity contribution in [1.29, 1.82) is 0 Å². The van der Waals surface area contributed by atoms with Crippen LogP contribution in [0, 0.1) is 0 Å². The van der Waals surface area contributed by atoms with Crippen LogP contribution in [0.3, 0.4) is 0 Å². The van der Waals surface area contributed by atoms with Gasteiger partial charge in [-0.3, -0.25) is 4.79 Å². The third-order valence-corrected chi connectivity index (χ3v) is 3.23. The van der Waals surface area contributed by atoms with Crippen molar-refractivity contribution in [2.24, 2.45) is 5.73 Å². The monoisotopic (exact) mass is 282 g/mol. The Bertz CT molecular complexity index is 426. The lowest BCUT2D eigenvalue weighted by Crippen LogP contribution is -2.35. The third-order valence-electron chi connectivity index (χ3n) is 2.99. The quantitative estimate of drug-likeness (QED) is 0.840. The number of halogens is 1. The first kappa shape index (κ1) is 16.0. The van der Waals surface area contributed by atoms with Gasteiger partial charge in [0.15, 0.2) is 0 Å². The number of nitrogens with one attached hydrogen (secondary N) is 1. The molecule has 1 amide bonds. The van der Waals surface area contributed by atoms with Gasteiger partial charge in [-0.1, -0.05) is 30.7 Å². The van der Waals surface area contributed by atoms with Gasteiger partial charge in [0.1, 0.15) is 0 Å². The molecule has 0 aliphatic carbocycles. The Morgan fingerprint density at radius 1 is 1.47 bits per heavy atom. The molecule has 0 aliphatic rings. The maximum Gasteiger partial charge on any atom is 0.220 e. The normalized spacial score (nSPS) is 13.1. The van der Waals surface area contributed by atoms with Gasteiger partial charge in [0.25, 0.3) is 0 Å². The van der Waals surface area contributed by atoms with Crippen LogP contribution in [0.25, 0.3) is 0 Å². The summed E-state index contributed by atoms with van der Waals surface area (Å²) in [7, 11) is 0. The van der Waals surface area contributed by atoms with Crippen LogP contribution >= 0.6 is 11.6 Å². The number of carbonyl (C=O) groups excluding carboxylic acids is 1. The SMILES string of the molecule is CCC(NC(=O)CCC(C)(C)N)c1cccc(Cl)c1. The molecule has 1 rings (SSSR count). The van der Waals surface area contributed by atoms with Gasteiger partial charge in [-0.05, 0) is 44.4 Å². The summed E-state index contributed by atoms with van der Waals surface area (Å²) < 4.78 is 0. The van der Waals surface area contributed by atoms with E-state index in [1.807, 2.05) is 45.0 Å². The van der Waals surface area contributed by atoms with Gasteiger partial charge in [-0.25, -0.2) is 0 Å². The molecule has 3 N–H and O–H groups in total. The van der Waals surface area contributed by atoms with E-state index in [-0.39, 0.29) is 17.5 Å². The summed E-state index contributed by atoms with van der Waals surface area (Å²) in [6.07, 6.45) is 1.95. The van der Waals surface area contributed by atoms with Crippen molar-refractivity contribution in [2.75, 3.05) is 0 Å². The summed E-state index contributed by atoms with van der Waals surface area (Å²) in [4.78, 5) is 11.9. The van der Waals surface area contributed by atoms with Crippen molar-refractivity contribution in [3.05, 3.63) is 34.9 Å². The highest BCUT2D eigenvalue weighted by molar-refractivity contribution is 6.30. The van der Waals surface area contributed by atoms with Gasteiger partial charge in [0, 0.05) is 17.0 Å². The lowest BCUT2D eigenvalue weighted by Gasteiger charge is -2.21. The van der Waals surface area contributed by atoms with Crippen molar-refractivity contribution in [3.8, 4) is 0 Å². The first-order chi connectivity index (χ1) is 8.81. The molecule has 1 aromatic carbocycles. The van der Waals surface area contributed by atoms with Gasteiger partial charge in [0.05, 0.1) is 6.04 Å². The Balaban J connectivity index is 2.60. The second-order valence-corrected chi connectivity index (χ2v) is 6.01. The minimum Gasteiger partial charge on any atom is -0.349 e. The van der Waals surface area contributed by atoms with Crippen molar-refractivity contribution in [3.63, 3.8) is 0 Å². The predicted octanol–water partition coefficient (Wildman–Crippen LogP) is 3.42. The molecule has 0 saturated heterocycles. The van der Waals surface area contributed by atoms with Crippen LogP contribution in [0.5, 0.6) is 0 Å². The Hall–Kier alpha value is -1.06. The van der Waals surface area contributed by atoms with Crippen LogP contribution in [-0.2, 0) is 4.79 Å². The summed E-state index contributed by atoms with van der Waals surface area (Å²) in [5, 5.41) is 3.72. The molecule has 0 bridgehead atoms. The molecule has 19 heavy (non-hydrogen) atoms. The minimum absolute atomic E-state index is 0.00656. The standard InChI is InChI=1S/C15H23ClN2O/c1-4-13(11-6-5-7-12(16)10-11)18-14(19)8-9-15(2,3)17/h5-7,10,13H,4,8-9,17H2,1-3H3,(H,18,19). The highest BCUT2D eigenvalue weighted by Crippen LogP contribution is 2.20. The van der Waals surface area contributed by atoms with Crippen LogP contribution in [0.15, 0.2) is 24.3 Å². The highest BCUT2D eigenvalue weighted by atomic mass is 35.5. The third kappa shape index (κ3) is 6.08. The van der Waals surface area contributed by atoms with Crippen LogP contribution < -0.4 is 11.1 Å². The van der Waals surface area contributed by atoms with Crippen LogP contribution in [0.4, 0.5) is 0 Å². The number of nitrogens with two attached hydrogens (primary N) is 1.